The molecule has 0 spiro atoms. The molecule has 1 unspecified atom stereocenters. The fourth-order valence-electron chi connectivity index (χ4n) is 1.61. The molecule has 1 aromatic heterocycles. The molecule has 78 valence electrons. The lowest BCUT2D eigenvalue weighted by Crippen LogP contribution is -2.24. The third kappa shape index (κ3) is 2.20. The van der Waals surface area contributed by atoms with E-state index in [9.17, 15) is 9.59 Å². The number of thiophene rings is 1. The Morgan fingerprint density at radius 2 is 2.33 bits per heavy atom. The molecule has 1 aliphatic carbocycles. The van der Waals surface area contributed by atoms with Crippen molar-refractivity contribution in [3.8, 4) is 0 Å². The Hall–Kier alpha value is -0.490. The molecule has 2 rings (SSSR count). The van der Waals surface area contributed by atoms with Crippen LogP contribution in [-0.2, 0) is 4.79 Å². The van der Waals surface area contributed by atoms with E-state index in [1.54, 1.807) is 0 Å². The van der Waals surface area contributed by atoms with Crippen LogP contribution in [0.5, 0.6) is 0 Å². The Balaban J connectivity index is 2.25. The van der Waals surface area contributed by atoms with Gasteiger partial charge in [0.1, 0.15) is 0 Å². The van der Waals surface area contributed by atoms with Gasteiger partial charge in [-0.25, -0.2) is 0 Å². The maximum Gasteiger partial charge on any atom is 0.184 e. The summed E-state index contributed by atoms with van der Waals surface area (Å²) in [6.45, 7) is 0. The Morgan fingerprint density at radius 1 is 1.53 bits per heavy atom. The molecule has 0 fully saturated rings. The highest BCUT2D eigenvalue weighted by molar-refractivity contribution is 14.1. The van der Waals surface area contributed by atoms with E-state index in [1.807, 2.05) is 17.5 Å². The summed E-state index contributed by atoms with van der Waals surface area (Å²) in [5.74, 6) is -0.499. The van der Waals surface area contributed by atoms with Crippen LogP contribution in [-0.4, -0.2) is 11.6 Å². The molecule has 4 heteroatoms. The zero-order valence-corrected chi connectivity index (χ0v) is 10.9. The van der Waals surface area contributed by atoms with Crippen LogP contribution in [0.4, 0.5) is 0 Å². The van der Waals surface area contributed by atoms with Crippen molar-refractivity contribution in [3.63, 3.8) is 0 Å². The van der Waals surface area contributed by atoms with Crippen molar-refractivity contribution in [1.82, 2.24) is 0 Å². The molecule has 0 bridgehead atoms. The van der Waals surface area contributed by atoms with Crippen molar-refractivity contribution in [2.45, 2.75) is 12.8 Å². The van der Waals surface area contributed by atoms with Crippen molar-refractivity contribution in [2.75, 3.05) is 0 Å². The molecular formula is C11H9IO2S. The summed E-state index contributed by atoms with van der Waals surface area (Å²) < 4.78 is 0.949. The van der Waals surface area contributed by atoms with Crippen LogP contribution in [0.3, 0.4) is 0 Å². The maximum absolute atomic E-state index is 12.0. The van der Waals surface area contributed by atoms with Gasteiger partial charge in [-0.05, 0) is 53.0 Å². The quantitative estimate of drug-likeness (QED) is 0.474. The second-order valence-corrected chi connectivity index (χ2v) is 5.47. The summed E-state index contributed by atoms with van der Waals surface area (Å²) >= 11 is 3.55. The fraction of sp³-hybridized carbons (Fsp3) is 0.273. The van der Waals surface area contributed by atoms with Crippen molar-refractivity contribution >= 4 is 45.5 Å². The van der Waals surface area contributed by atoms with Gasteiger partial charge in [0.15, 0.2) is 11.6 Å². The predicted molar refractivity (Wildman–Crippen MR) is 68.2 cm³/mol. The lowest BCUT2D eigenvalue weighted by molar-refractivity contribution is -0.117. The highest BCUT2D eigenvalue weighted by atomic mass is 127. The third-order valence-electron chi connectivity index (χ3n) is 2.41. The normalized spacial score (nSPS) is 20.6. The van der Waals surface area contributed by atoms with E-state index in [0.29, 0.717) is 6.42 Å². The molecule has 0 saturated carbocycles. The minimum absolute atomic E-state index is 0.0104. The average molecular weight is 332 g/mol. The van der Waals surface area contributed by atoms with Gasteiger partial charge in [0, 0.05) is 3.57 Å². The molecule has 0 saturated heterocycles. The molecule has 2 nitrogen and oxygen atoms in total. The molecule has 0 aromatic carbocycles. The van der Waals surface area contributed by atoms with Gasteiger partial charge in [-0.1, -0.05) is 6.08 Å². The van der Waals surface area contributed by atoms with E-state index >= 15 is 0 Å². The monoisotopic (exact) mass is 332 g/mol. The number of rotatable bonds is 2. The van der Waals surface area contributed by atoms with Crippen LogP contribution < -0.4 is 0 Å². The van der Waals surface area contributed by atoms with Gasteiger partial charge in [0.25, 0.3) is 0 Å². The highest BCUT2D eigenvalue weighted by Crippen LogP contribution is 2.26. The second-order valence-electron chi connectivity index (χ2n) is 3.40. The molecule has 1 aliphatic rings. The summed E-state index contributed by atoms with van der Waals surface area (Å²) in [7, 11) is 0. The van der Waals surface area contributed by atoms with Crippen LogP contribution in [0.2, 0.25) is 0 Å². The summed E-state index contributed by atoms with van der Waals surface area (Å²) in [6.07, 6.45) is 4.85. The smallest absolute Gasteiger partial charge is 0.184 e. The van der Waals surface area contributed by atoms with Crippen molar-refractivity contribution in [3.05, 3.63) is 32.0 Å². The fourth-order valence-corrected chi connectivity index (χ4v) is 3.46. The van der Waals surface area contributed by atoms with Gasteiger partial charge in [-0.2, -0.15) is 0 Å². The second kappa shape index (κ2) is 4.57. The first kappa shape index (κ1) is 11.0. The van der Waals surface area contributed by atoms with Gasteiger partial charge in [-0.15, -0.1) is 11.3 Å². The molecule has 1 aromatic rings. The number of hydrogen-bond donors (Lipinski definition) is 0. The summed E-state index contributed by atoms with van der Waals surface area (Å²) in [6, 6.07) is 1.90. The minimum atomic E-state index is -0.442. The zero-order valence-electron chi connectivity index (χ0n) is 7.90. The molecule has 15 heavy (non-hydrogen) atoms. The first-order chi connectivity index (χ1) is 7.20. The molecule has 0 N–H and O–H groups in total. The molecular weight excluding hydrogens is 323 g/mol. The zero-order chi connectivity index (χ0) is 10.8. The first-order valence-electron chi connectivity index (χ1n) is 4.67. The summed E-state index contributed by atoms with van der Waals surface area (Å²) in [5, 5.41) is 1.89. The maximum atomic E-state index is 12.0. The average Bonchev–Trinajstić information content (AvgIpc) is 2.64. The standard InChI is InChI=1S/C11H9IO2S/c12-8-5-6-15-11(8)10(14)7-3-1-2-4-9(7)13/h2,4-7H,1,3H2. The van der Waals surface area contributed by atoms with Crippen LogP contribution in [0, 0.1) is 9.49 Å². The number of carbonyl (C=O) groups excluding carboxylic acids is 2. The largest absolute Gasteiger partial charge is 0.294 e. The van der Waals surface area contributed by atoms with Gasteiger partial charge in [0.2, 0.25) is 0 Å². The lowest BCUT2D eigenvalue weighted by Gasteiger charge is -2.14. The molecule has 1 heterocycles. The number of halogens is 1. The van der Waals surface area contributed by atoms with Gasteiger partial charge in [-0.3, -0.25) is 9.59 Å². The topological polar surface area (TPSA) is 34.1 Å². The van der Waals surface area contributed by atoms with Gasteiger partial charge >= 0.3 is 0 Å². The van der Waals surface area contributed by atoms with Gasteiger partial charge < -0.3 is 0 Å². The summed E-state index contributed by atoms with van der Waals surface area (Å²) in [5.41, 5.74) is 0. The third-order valence-corrected chi connectivity index (χ3v) is 4.60. The van der Waals surface area contributed by atoms with Crippen LogP contribution >= 0.6 is 33.9 Å². The van der Waals surface area contributed by atoms with E-state index < -0.39 is 5.92 Å². The number of ketones is 2. The Morgan fingerprint density at radius 3 is 2.93 bits per heavy atom. The Labute approximate surface area is 106 Å². The van der Waals surface area contributed by atoms with Crippen molar-refractivity contribution in [1.29, 1.82) is 0 Å². The first-order valence-corrected chi connectivity index (χ1v) is 6.63. The number of Topliss-reactive ketones (excluding diaryl/α,β-unsaturated/α-hetero) is 1. The molecule has 1 atom stereocenters. The van der Waals surface area contributed by atoms with E-state index in [2.05, 4.69) is 22.6 Å². The molecule has 0 radical (unpaired) electrons. The van der Waals surface area contributed by atoms with Crippen molar-refractivity contribution < 1.29 is 9.59 Å². The molecule has 0 amide bonds. The van der Waals surface area contributed by atoms with E-state index in [-0.39, 0.29) is 11.6 Å². The minimum Gasteiger partial charge on any atom is -0.294 e. The van der Waals surface area contributed by atoms with E-state index in [4.69, 9.17) is 0 Å². The highest BCUT2D eigenvalue weighted by Gasteiger charge is 2.28. The van der Waals surface area contributed by atoms with E-state index in [1.165, 1.54) is 17.4 Å². The van der Waals surface area contributed by atoms with Crippen molar-refractivity contribution in [2.24, 2.45) is 5.92 Å². The van der Waals surface area contributed by atoms with E-state index in [0.717, 1.165) is 14.9 Å². The van der Waals surface area contributed by atoms with Gasteiger partial charge in [0.05, 0.1) is 10.8 Å². The number of carbonyl (C=O) groups is 2. The summed E-state index contributed by atoms with van der Waals surface area (Å²) in [4.78, 5) is 24.3. The lowest BCUT2D eigenvalue weighted by atomic mass is 9.89. The van der Waals surface area contributed by atoms with Crippen LogP contribution in [0.25, 0.3) is 0 Å². The van der Waals surface area contributed by atoms with Crippen LogP contribution in [0.15, 0.2) is 23.6 Å². The Bertz CT molecular complexity index is 434. The molecule has 0 aliphatic heterocycles. The number of hydrogen-bond acceptors (Lipinski definition) is 3. The SMILES string of the molecule is O=C1C=CCCC1C(=O)c1sccc1I. The Kier molecular flexibility index (Phi) is 3.35. The number of allylic oxidation sites excluding steroid dienone is 2. The van der Waals surface area contributed by atoms with Crippen LogP contribution in [0.1, 0.15) is 22.5 Å². The predicted octanol–water partition coefficient (Wildman–Crippen LogP) is 3.07.